The second-order valence-electron chi connectivity index (χ2n) is 8.12. The number of carbonyl (C=O) groups is 1. The van der Waals surface area contributed by atoms with Crippen molar-refractivity contribution in [1.29, 1.82) is 0 Å². The van der Waals surface area contributed by atoms with Crippen molar-refractivity contribution < 1.29 is 9.53 Å². The van der Waals surface area contributed by atoms with Gasteiger partial charge in [0, 0.05) is 25.8 Å². The zero-order valence-electron chi connectivity index (χ0n) is 17.0. The van der Waals surface area contributed by atoms with E-state index in [-0.39, 0.29) is 5.91 Å². The van der Waals surface area contributed by atoms with Crippen LogP contribution in [0.3, 0.4) is 0 Å². The molecular weight excluding hydrogens is 366 g/mol. The fraction of sp³-hybridized carbons (Fsp3) is 0.409. The third kappa shape index (κ3) is 2.72. The minimum absolute atomic E-state index is 0.143. The zero-order valence-corrected chi connectivity index (χ0v) is 17.0. The number of benzene rings is 1. The summed E-state index contributed by atoms with van der Waals surface area (Å²) in [6, 6.07) is 8.10. The molecule has 3 aromatic rings. The Morgan fingerprint density at radius 3 is 2.79 bits per heavy atom. The average Bonchev–Trinajstić information content (AvgIpc) is 3.24. The molecule has 1 saturated heterocycles. The molecule has 2 aliphatic rings. The van der Waals surface area contributed by atoms with Gasteiger partial charge in [-0.15, -0.1) is 0 Å². The predicted molar refractivity (Wildman–Crippen MR) is 113 cm³/mol. The van der Waals surface area contributed by atoms with Crippen LogP contribution >= 0.6 is 0 Å². The Morgan fingerprint density at radius 1 is 1.24 bits per heavy atom. The van der Waals surface area contributed by atoms with Crippen molar-refractivity contribution >= 4 is 28.4 Å². The molecule has 7 nitrogen and oxygen atoms in total. The van der Waals surface area contributed by atoms with Gasteiger partial charge in [0.2, 0.25) is 5.91 Å². The Balaban J connectivity index is 1.62. The number of aromatic nitrogens is 3. The van der Waals surface area contributed by atoms with Gasteiger partial charge < -0.3 is 19.5 Å². The van der Waals surface area contributed by atoms with Crippen LogP contribution < -0.4 is 9.80 Å². The molecule has 0 radical (unpaired) electrons. The van der Waals surface area contributed by atoms with E-state index in [0.29, 0.717) is 19.8 Å². The van der Waals surface area contributed by atoms with Crippen LogP contribution in [-0.4, -0.2) is 53.7 Å². The molecule has 2 aliphatic heterocycles. The van der Waals surface area contributed by atoms with Crippen molar-refractivity contribution in [3.05, 3.63) is 36.0 Å². The van der Waals surface area contributed by atoms with Gasteiger partial charge in [-0.05, 0) is 50.6 Å². The minimum atomic E-state index is -0.530. The Kier molecular flexibility index (Phi) is 4.10. The molecule has 1 fully saturated rings. The molecule has 0 spiro atoms. The van der Waals surface area contributed by atoms with Gasteiger partial charge in [-0.3, -0.25) is 4.79 Å². The second kappa shape index (κ2) is 6.56. The number of hydrogen-bond donors (Lipinski definition) is 1. The summed E-state index contributed by atoms with van der Waals surface area (Å²) >= 11 is 0. The number of nitrogens with one attached hydrogen (secondary N) is 1. The van der Waals surface area contributed by atoms with E-state index in [4.69, 9.17) is 9.72 Å². The van der Waals surface area contributed by atoms with Gasteiger partial charge in [0.1, 0.15) is 11.6 Å². The van der Waals surface area contributed by atoms with Crippen molar-refractivity contribution in [3.8, 4) is 11.4 Å². The molecule has 5 rings (SSSR count). The van der Waals surface area contributed by atoms with Crippen molar-refractivity contribution in [2.75, 3.05) is 42.6 Å². The lowest BCUT2D eigenvalue weighted by atomic mass is 9.86. The van der Waals surface area contributed by atoms with Gasteiger partial charge in [0.25, 0.3) is 0 Å². The van der Waals surface area contributed by atoms with Gasteiger partial charge >= 0.3 is 0 Å². The highest BCUT2D eigenvalue weighted by Gasteiger charge is 2.43. The van der Waals surface area contributed by atoms with Crippen LogP contribution in [0.15, 0.2) is 30.5 Å². The van der Waals surface area contributed by atoms with Gasteiger partial charge in [0.05, 0.1) is 40.9 Å². The maximum absolute atomic E-state index is 12.8. The Morgan fingerprint density at radius 2 is 2.03 bits per heavy atom. The van der Waals surface area contributed by atoms with Gasteiger partial charge in [-0.2, -0.15) is 0 Å². The number of rotatable bonds is 3. The van der Waals surface area contributed by atoms with E-state index in [9.17, 15) is 4.79 Å². The van der Waals surface area contributed by atoms with Gasteiger partial charge in [0.15, 0.2) is 0 Å². The van der Waals surface area contributed by atoms with Crippen LogP contribution in [0.2, 0.25) is 0 Å². The van der Waals surface area contributed by atoms with Crippen LogP contribution in [0.4, 0.5) is 11.5 Å². The number of amides is 1. The molecular formula is C22H25N5O2. The Bertz CT molecular complexity index is 1100. The quantitative estimate of drug-likeness (QED) is 0.743. The van der Waals surface area contributed by atoms with Crippen molar-refractivity contribution in [2.24, 2.45) is 0 Å². The predicted octanol–water partition coefficient (Wildman–Crippen LogP) is 3.11. The molecule has 0 atom stereocenters. The molecule has 7 heteroatoms. The highest BCUT2D eigenvalue weighted by Crippen LogP contribution is 2.43. The standard InChI is InChI=1S/C22H25N5O2/c1-4-27-18-13-17-16(12-15(18)22(2,3)21(27)28)24-19(25-17)14-6-5-7-23-20(14)26-8-10-29-11-9-26/h5-7,12-13H,4,8-11H2,1-3H3,(H,24,25). The number of morpholine rings is 1. The molecule has 0 unspecified atom stereocenters. The first-order valence-electron chi connectivity index (χ1n) is 10.1. The molecule has 29 heavy (non-hydrogen) atoms. The molecule has 1 amide bonds. The zero-order chi connectivity index (χ0) is 20.2. The maximum atomic E-state index is 12.8. The lowest BCUT2D eigenvalue weighted by Crippen LogP contribution is -2.37. The summed E-state index contributed by atoms with van der Waals surface area (Å²) in [5, 5.41) is 0. The van der Waals surface area contributed by atoms with Crippen LogP contribution in [0.1, 0.15) is 26.3 Å². The summed E-state index contributed by atoms with van der Waals surface area (Å²) in [5.41, 5.74) is 4.26. The fourth-order valence-electron chi connectivity index (χ4n) is 4.38. The van der Waals surface area contributed by atoms with Crippen molar-refractivity contribution in [2.45, 2.75) is 26.2 Å². The van der Waals surface area contributed by atoms with E-state index in [2.05, 4.69) is 27.0 Å². The molecule has 0 aliphatic carbocycles. The number of nitrogens with zero attached hydrogens (tertiary/aromatic N) is 4. The Labute approximate surface area is 169 Å². The SMILES string of the molecule is CCN1C(=O)C(C)(C)c2cc3[nH]c(-c4cccnc4N4CCOCC4)nc3cc21. The first kappa shape index (κ1) is 18.1. The van der Waals surface area contributed by atoms with E-state index < -0.39 is 5.41 Å². The van der Waals surface area contributed by atoms with E-state index in [1.807, 2.05) is 44.0 Å². The summed E-state index contributed by atoms with van der Waals surface area (Å²) in [7, 11) is 0. The summed E-state index contributed by atoms with van der Waals surface area (Å²) in [4.78, 5) is 29.9. The number of hydrogen-bond acceptors (Lipinski definition) is 5. The first-order valence-corrected chi connectivity index (χ1v) is 10.1. The number of likely N-dealkylation sites (N-methyl/N-ethyl adjacent to an activating group) is 1. The normalized spacial score (nSPS) is 18.5. The first-order chi connectivity index (χ1) is 14.0. The topological polar surface area (TPSA) is 74.4 Å². The van der Waals surface area contributed by atoms with E-state index in [0.717, 1.165) is 52.6 Å². The number of ether oxygens (including phenoxy) is 1. The highest BCUT2D eigenvalue weighted by molar-refractivity contribution is 6.09. The molecule has 1 N–H and O–H groups in total. The van der Waals surface area contributed by atoms with Crippen LogP contribution in [0, 0.1) is 0 Å². The number of aromatic amines is 1. The monoisotopic (exact) mass is 391 g/mol. The van der Waals surface area contributed by atoms with Crippen molar-refractivity contribution in [1.82, 2.24) is 15.0 Å². The molecule has 0 saturated carbocycles. The Hall–Kier alpha value is -2.93. The lowest BCUT2D eigenvalue weighted by molar-refractivity contribution is -0.122. The second-order valence-corrected chi connectivity index (χ2v) is 8.12. The average molecular weight is 391 g/mol. The summed E-state index contributed by atoms with van der Waals surface area (Å²) < 4.78 is 5.48. The highest BCUT2D eigenvalue weighted by atomic mass is 16.5. The van der Waals surface area contributed by atoms with Crippen LogP contribution in [0.25, 0.3) is 22.4 Å². The van der Waals surface area contributed by atoms with E-state index in [1.165, 1.54) is 0 Å². The third-order valence-corrected chi connectivity index (χ3v) is 6.01. The number of anilines is 2. The van der Waals surface area contributed by atoms with Crippen LogP contribution in [-0.2, 0) is 14.9 Å². The molecule has 0 bridgehead atoms. The number of carbonyl (C=O) groups excluding carboxylic acids is 1. The summed E-state index contributed by atoms with van der Waals surface area (Å²) in [5.74, 6) is 1.86. The molecule has 1 aromatic carbocycles. The fourth-order valence-corrected chi connectivity index (χ4v) is 4.38. The number of imidazole rings is 1. The van der Waals surface area contributed by atoms with Crippen LogP contribution in [0.5, 0.6) is 0 Å². The van der Waals surface area contributed by atoms with Gasteiger partial charge in [-0.1, -0.05) is 0 Å². The van der Waals surface area contributed by atoms with Gasteiger partial charge in [-0.25, -0.2) is 9.97 Å². The van der Waals surface area contributed by atoms with Crippen molar-refractivity contribution in [3.63, 3.8) is 0 Å². The number of H-pyrrole nitrogens is 1. The number of fused-ring (bicyclic) bond motifs is 2. The number of pyridine rings is 1. The summed E-state index contributed by atoms with van der Waals surface area (Å²) in [6.07, 6.45) is 1.82. The lowest BCUT2D eigenvalue weighted by Gasteiger charge is -2.29. The maximum Gasteiger partial charge on any atom is 0.237 e. The largest absolute Gasteiger partial charge is 0.378 e. The van der Waals surface area contributed by atoms with E-state index in [1.54, 1.807) is 0 Å². The van der Waals surface area contributed by atoms with E-state index >= 15 is 0 Å². The smallest absolute Gasteiger partial charge is 0.237 e. The summed E-state index contributed by atoms with van der Waals surface area (Å²) in [6.45, 7) is 9.70. The third-order valence-electron chi connectivity index (χ3n) is 6.01. The molecule has 4 heterocycles. The molecule has 150 valence electrons. The molecule has 2 aromatic heterocycles. The minimum Gasteiger partial charge on any atom is -0.378 e.